The van der Waals surface area contributed by atoms with Gasteiger partial charge in [0, 0.05) is 28.6 Å². The van der Waals surface area contributed by atoms with Gasteiger partial charge < -0.3 is 15.2 Å². The summed E-state index contributed by atoms with van der Waals surface area (Å²) in [5.41, 5.74) is 2.17. The van der Waals surface area contributed by atoms with Crippen molar-refractivity contribution in [1.82, 2.24) is 10.3 Å². The van der Waals surface area contributed by atoms with Crippen LogP contribution in [0.4, 0.5) is 0 Å². The highest BCUT2D eigenvalue weighted by Gasteiger charge is 2.12. The lowest BCUT2D eigenvalue weighted by atomic mass is 10.1. The molecule has 0 amide bonds. The van der Waals surface area contributed by atoms with Gasteiger partial charge >= 0.3 is 0 Å². The van der Waals surface area contributed by atoms with Gasteiger partial charge in [0.15, 0.2) is 0 Å². The molecule has 2 N–H and O–H groups in total. The lowest BCUT2D eigenvalue weighted by Crippen LogP contribution is -2.23. The van der Waals surface area contributed by atoms with E-state index in [0.29, 0.717) is 6.54 Å². The second kappa shape index (κ2) is 7.70. The van der Waals surface area contributed by atoms with E-state index in [-0.39, 0.29) is 12.6 Å². The molecule has 0 saturated carbocycles. The molecule has 0 aliphatic rings. The molecule has 2 aromatic heterocycles. The first-order valence-electron chi connectivity index (χ1n) is 7.25. The number of ether oxygens (including phenoxy) is 1. The zero-order chi connectivity index (χ0) is 16.1. The highest BCUT2D eigenvalue weighted by Crippen LogP contribution is 2.27. The Bertz CT molecular complexity index is 741. The number of aromatic nitrogens is 1. The SMILES string of the molecule is COc1cccc([C@@H](CO)NCc2cnc(-c3ccsc3)s2)c1. The number of benzene rings is 1. The Morgan fingerprint density at radius 1 is 1.35 bits per heavy atom. The average molecular weight is 346 g/mol. The van der Waals surface area contributed by atoms with Gasteiger partial charge in [0.05, 0.1) is 19.8 Å². The Morgan fingerprint density at radius 3 is 3.00 bits per heavy atom. The standard InChI is InChI=1S/C17H18N2O2S2/c1-21-14-4-2-3-12(7-14)16(10-20)18-8-15-9-19-17(23-15)13-5-6-22-11-13/h2-7,9,11,16,18,20H,8,10H2,1H3/t16-/m1/s1. The highest BCUT2D eigenvalue weighted by molar-refractivity contribution is 7.15. The molecule has 0 fully saturated rings. The summed E-state index contributed by atoms with van der Waals surface area (Å²) in [6.45, 7) is 0.702. The van der Waals surface area contributed by atoms with Gasteiger partial charge in [0.2, 0.25) is 0 Å². The maximum Gasteiger partial charge on any atom is 0.124 e. The van der Waals surface area contributed by atoms with Crippen LogP contribution in [0.1, 0.15) is 16.5 Å². The summed E-state index contributed by atoms with van der Waals surface area (Å²) >= 11 is 3.35. The molecule has 1 aromatic carbocycles. The molecule has 0 aliphatic carbocycles. The van der Waals surface area contributed by atoms with Crippen LogP contribution in [0.2, 0.25) is 0 Å². The molecule has 0 bridgehead atoms. The summed E-state index contributed by atoms with van der Waals surface area (Å²) in [6.07, 6.45) is 1.89. The number of nitrogens with one attached hydrogen (secondary N) is 1. The van der Waals surface area contributed by atoms with E-state index in [1.807, 2.05) is 30.5 Å². The second-order valence-electron chi connectivity index (χ2n) is 5.04. The van der Waals surface area contributed by atoms with Crippen molar-refractivity contribution in [1.29, 1.82) is 0 Å². The van der Waals surface area contributed by atoms with Crippen LogP contribution < -0.4 is 10.1 Å². The van der Waals surface area contributed by atoms with E-state index in [1.54, 1.807) is 29.8 Å². The van der Waals surface area contributed by atoms with Crippen LogP contribution in [0.3, 0.4) is 0 Å². The van der Waals surface area contributed by atoms with Gasteiger partial charge in [-0.1, -0.05) is 12.1 Å². The largest absolute Gasteiger partial charge is 0.497 e. The maximum absolute atomic E-state index is 9.66. The quantitative estimate of drug-likeness (QED) is 0.685. The van der Waals surface area contributed by atoms with Crippen molar-refractivity contribution in [3.63, 3.8) is 0 Å². The number of hydrogen-bond donors (Lipinski definition) is 2. The summed E-state index contributed by atoms with van der Waals surface area (Å²) in [4.78, 5) is 5.61. The number of hydrogen-bond acceptors (Lipinski definition) is 6. The summed E-state index contributed by atoms with van der Waals surface area (Å²) in [6, 6.07) is 9.70. The molecule has 0 saturated heterocycles. The number of rotatable bonds is 7. The molecular weight excluding hydrogens is 328 g/mol. The van der Waals surface area contributed by atoms with Crippen molar-refractivity contribution in [2.45, 2.75) is 12.6 Å². The molecule has 1 atom stereocenters. The second-order valence-corrected chi connectivity index (χ2v) is 6.93. The summed E-state index contributed by atoms with van der Waals surface area (Å²) in [5, 5.41) is 18.2. The predicted octanol–water partition coefficient (Wildman–Crippen LogP) is 3.70. The third kappa shape index (κ3) is 3.97. The molecule has 0 spiro atoms. The monoisotopic (exact) mass is 346 g/mol. The molecule has 3 aromatic rings. The van der Waals surface area contributed by atoms with E-state index >= 15 is 0 Å². The fourth-order valence-electron chi connectivity index (χ4n) is 2.28. The Kier molecular flexibility index (Phi) is 5.40. The molecular formula is C17H18N2O2S2. The smallest absolute Gasteiger partial charge is 0.124 e. The maximum atomic E-state index is 9.66. The minimum Gasteiger partial charge on any atom is -0.497 e. The van der Waals surface area contributed by atoms with E-state index in [9.17, 15) is 5.11 Å². The van der Waals surface area contributed by atoms with Crippen molar-refractivity contribution in [3.05, 3.63) is 57.7 Å². The third-order valence-electron chi connectivity index (χ3n) is 3.52. The fraction of sp³-hybridized carbons (Fsp3) is 0.235. The number of aliphatic hydroxyl groups is 1. The van der Waals surface area contributed by atoms with Crippen molar-refractivity contribution in [2.75, 3.05) is 13.7 Å². The van der Waals surface area contributed by atoms with Gasteiger partial charge in [-0.05, 0) is 29.1 Å². The van der Waals surface area contributed by atoms with Crippen molar-refractivity contribution >= 4 is 22.7 Å². The summed E-state index contributed by atoms with van der Waals surface area (Å²) in [7, 11) is 1.64. The van der Waals surface area contributed by atoms with Gasteiger partial charge in [-0.2, -0.15) is 11.3 Å². The van der Waals surface area contributed by atoms with E-state index in [2.05, 4.69) is 27.1 Å². The van der Waals surface area contributed by atoms with Crippen LogP contribution in [0.25, 0.3) is 10.6 Å². The van der Waals surface area contributed by atoms with Gasteiger partial charge in [0.1, 0.15) is 10.8 Å². The van der Waals surface area contributed by atoms with E-state index in [0.717, 1.165) is 26.8 Å². The molecule has 0 aliphatic heterocycles. The van der Waals surface area contributed by atoms with Gasteiger partial charge in [0.25, 0.3) is 0 Å². The molecule has 2 heterocycles. The Balaban J connectivity index is 1.66. The average Bonchev–Trinajstić information content (AvgIpc) is 3.27. The van der Waals surface area contributed by atoms with Crippen molar-refractivity contribution in [3.8, 4) is 16.3 Å². The molecule has 3 rings (SSSR count). The highest BCUT2D eigenvalue weighted by atomic mass is 32.1. The van der Waals surface area contributed by atoms with Gasteiger partial charge in [-0.15, -0.1) is 11.3 Å². The Hall–Kier alpha value is -1.73. The topological polar surface area (TPSA) is 54.4 Å². The van der Waals surface area contributed by atoms with Crippen LogP contribution >= 0.6 is 22.7 Å². The minimum atomic E-state index is -0.128. The van der Waals surface area contributed by atoms with Crippen LogP contribution in [0, 0.1) is 0 Å². The van der Waals surface area contributed by atoms with E-state index in [4.69, 9.17) is 4.74 Å². The van der Waals surface area contributed by atoms with Gasteiger partial charge in [-0.25, -0.2) is 4.98 Å². The van der Waals surface area contributed by atoms with Crippen molar-refractivity contribution in [2.24, 2.45) is 0 Å². The molecule has 0 unspecified atom stereocenters. The molecule has 4 nitrogen and oxygen atoms in total. The summed E-state index contributed by atoms with van der Waals surface area (Å²) < 4.78 is 5.24. The number of thiazole rings is 1. The minimum absolute atomic E-state index is 0.0311. The number of aliphatic hydroxyl groups excluding tert-OH is 1. The first-order chi connectivity index (χ1) is 11.3. The normalized spacial score (nSPS) is 12.3. The molecule has 120 valence electrons. The zero-order valence-electron chi connectivity index (χ0n) is 12.7. The first kappa shape index (κ1) is 16.1. The predicted molar refractivity (Wildman–Crippen MR) is 95.1 cm³/mol. The number of methoxy groups -OCH3 is 1. The van der Waals surface area contributed by atoms with E-state index < -0.39 is 0 Å². The summed E-state index contributed by atoms with van der Waals surface area (Å²) in [5.74, 6) is 0.792. The zero-order valence-corrected chi connectivity index (χ0v) is 14.4. The molecule has 6 heteroatoms. The van der Waals surface area contributed by atoms with Crippen LogP contribution in [-0.2, 0) is 6.54 Å². The van der Waals surface area contributed by atoms with Gasteiger partial charge in [-0.3, -0.25) is 0 Å². The lowest BCUT2D eigenvalue weighted by molar-refractivity contribution is 0.243. The first-order valence-corrected chi connectivity index (χ1v) is 9.01. The lowest BCUT2D eigenvalue weighted by Gasteiger charge is -2.16. The Labute approximate surface area is 143 Å². The fourth-order valence-corrected chi connectivity index (χ4v) is 3.85. The number of thiophene rings is 1. The third-order valence-corrected chi connectivity index (χ3v) is 5.25. The molecule has 0 radical (unpaired) electrons. The van der Waals surface area contributed by atoms with E-state index in [1.165, 1.54) is 0 Å². The van der Waals surface area contributed by atoms with Crippen LogP contribution in [0.15, 0.2) is 47.3 Å². The van der Waals surface area contributed by atoms with Crippen LogP contribution in [-0.4, -0.2) is 23.8 Å². The number of nitrogens with zero attached hydrogens (tertiary/aromatic N) is 1. The van der Waals surface area contributed by atoms with Crippen molar-refractivity contribution < 1.29 is 9.84 Å². The Morgan fingerprint density at radius 2 is 2.26 bits per heavy atom. The molecule has 23 heavy (non-hydrogen) atoms. The van der Waals surface area contributed by atoms with Crippen LogP contribution in [0.5, 0.6) is 5.75 Å².